The Labute approximate surface area is 178 Å². The molecule has 0 bridgehead atoms. The third-order valence-electron chi connectivity index (χ3n) is 4.78. The zero-order chi connectivity index (χ0) is 21.4. The lowest BCUT2D eigenvalue weighted by atomic mass is 10.2. The second-order valence-corrected chi connectivity index (χ2v) is 7.62. The first-order valence-corrected chi connectivity index (χ1v) is 10.2. The molecule has 0 radical (unpaired) electrons. The van der Waals surface area contributed by atoms with Crippen LogP contribution >= 0.6 is 11.3 Å². The van der Waals surface area contributed by atoms with Gasteiger partial charge in [0, 0.05) is 30.2 Å². The van der Waals surface area contributed by atoms with Crippen LogP contribution in [0.15, 0.2) is 71.4 Å². The number of nitrogens with zero attached hydrogens (tertiary/aromatic N) is 5. The molecule has 152 valence electrons. The molecule has 9 nitrogen and oxygen atoms in total. The highest BCUT2D eigenvalue weighted by Gasteiger charge is 2.18. The number of thiazole rings is 1. The van der Waals surface area contributed by atoms with Gasteiger partial charge in [0.2, 0.25) is 0 Å². The fourth-order valence-corrected chi connectivity index (χ4v) is 3.86. The van der Waals surface area contributed by atoms with Crippen molar-refractivity contribution in [2.75, 3.05) is 5.32 Å². The highest BCUT2D eigenvalue weighted by molar-refractivity contribution is 7.13. The molecule has 5 rings (SSSR count). The number of anilines is 1. The molecule has 5 heterocycles. The number of amides is 1. The van der Waals surface area contributed by atoms with Gasteiger partial charge in [-0.3, -0.25) is 29.7 Å². The first kappa shape index (κ1) is 18.8. The van der Waals surface area contributed by atoms with Crippen LogP contribution in [0, 0.1) is 5.41 Å². The normalized spacial score (nSPS) is 11.1. The number of carbonyl (C=O) groups is 1. The number of pyridine rings is 3. The van der Waals surface area contributed by atoms with Gasteiger partial charge in [-0.05, 0) is 29.8 Å². The van der Waals surface area contributed by atoms with Crippen molar-refractivity contribution in [3.63, 3.8) is 0 Å². The average Bonchev–Trinajstić information content (AvgIpc) is 3.30. The van der Waals surface area contributed by atoms with Gasteiger partial charge in [0.05, 0.1) is 17.5 Å². The van der Waals surface area contributed by atoms with E-state index in [0.29, 0.717) is 16.4 Å². The molecule has 0 saturated carbocycles. The van der Waals surface area contributed by atoms with Gasteiger partial charge in [-0.1, -0.05) is 12.1 Å². The lowest BCUT2D eigenvalue weighted by Gasteiger charge is -2.14. The van der Waals surface area contributed by atoms with E-state index in [-0.39, 0.29) is 28.5 Å². The quantitative estimate of drug-likeness (QED) is 0.425. The first-order valence-electron chi connectivity index (χ1n) is 9.31. The van der Waals surface area contributed by atoms with E-state index >= 15 is 0 Å². The van der Waals surface area contributed by atoms with Crippen molar-refractivity contribution in [2.45, 2.75) is 6.54 Å². The maximum atomic E-state index is 13.2. The molecule has 0 aliphatic rings. The average molecular weight is 429 g/mol. The predicted molar refractivity (Wildman–Crippen MR) is 116 cm³/mol. The fourth-order valence-electron chi connectivity index (χ4n) is 3.34. The summed E-state index contributed by atoms with van der Waals surface area (Å²) in [5.74, 6) is -0.514. The molecule has 0 fully saturated rings. The summed E-state index contributed by atoms with van der Waals surface area (Å²) < 4.78 is 2.97. The number of hydrogen-bond acceptors (Lipinski definition) is 7. The van der Waals surface area contributed by atoms with Crippen molar-refractivity contribution in [3.8, 4) is 0 Å². The predicted octanol–water partition coefficient (Wildman–Crippen LogP) is 2.28. The van der Waals surface area contributed by atoms with E-state index in [4.69, 9.17) is 5.41 Å². The summed E-state index contributed by atoms with van der Waals surface area (Å²) in [5.41, 5.74) is 1.29. The van der Waals surface area contributed by atoms with Gasteiger partial charge in [-0.15, -0.1) is 11.3 Å². The molecule has 1 amide bonds. The van der Waals surface area contributed by atoms with Crippen LogP contribution in [0.1, 0.15) is 15.9 Å². The van der Waals surface area contributed by atoms with Crippen molar-refractivity contribution < 1.29 is 4.79 Å². The van der Waals surface area contributed by atoms with Crippen LogP contribution < -0.4 is 16.4 Å². The Morgan fingerprint density at radius 2 is 2.10 bits per heavy atom. The Hall–Kier alpha value is -4.18. The SMILES string of the molecule is N=c1c(C(=O)Nc2nccs2)cc2c(=O)n3ccccc3nc2n1Cc1cccnc1. The van der Waals surface area contributed by atoms with Crippen LogP contribution in [0.25, 0.3) is 16.7 Å². The lowest BCUT2D eigenvalue weighted by Crippen LogP contribution is -2.32. The molecule has 0 saturated heterocycles. The highest BCUT2D eigenvalue weighted by Crippen LogP contribution is 2.15. The molecular weight excluding hydrogens is 414 g/mol. The van der Waals surface area contributed by atoms with E-state index in [9.17, 15) is 9.59 Å². The monoisotopic (exact) mass is 429 g/mol. The third-order valence-corrected chi connectivity index (χ3v) is 5.47. The Morgan fingerprint density at radius 3 is 2.87 bits per heavy atom. The van der Waals surface area contributed by atoms with Gasteiger partial charge in [0.1, 0.15) is 16.8 Å². The van der Waals surface area contributed by atoms with E-state index < -0.39 is 5.91 Å². The molecule has 5 aromatic rings. The van der Waals surface area contributed by atoms with Crippen LogP contribution in [0.4, 0.5) is 5.13 Å². The van der Waals surface area contributed by atoms with Gasteiger partial charge in [0.25, 0.3) is 11.5 Å². The summed E-state index contributed by atoms with van der Waals surface area (Å²) in [6, 6.07) is 10.3. The van der Waals surface area contributed by atoms with Crippen LogP contribution in [-0.4, -0.2) is 29.8 Å². The summed E-state index contributed by atoms with van der Waals surface area (Å²) in [6.07, 6.45) is 6.53. The number of rotatable bonds is 4. The number of nitrogens with one attached hydrogen (secondary N) is 2. The van der Waals surface area contributed by atoms with Crippen LogP contribution in [0.5, 0.6) is 0 Å². The molecule has 0 aromatic carbocycles. The topological polar surface area (TPSA) is 118 Å². The molecule has 0 aliphatic carbocycles. The molecular formula is C21H15N7O2S. The Balaban J connectivity index is 1.78. The van der Waals surface area contributed by atoms with E-state index in [1.807, 2.05) is 6.07 Å². The number of aromatic nitrogens is 5. The number of fused-ring (bicyclic) bond motifs is 2. The van der Waals surface area contributed by atoms with E-state index in [0.717, 1.165) is 5.56 Å². The second-order valence-electron chi connectivity index (χ2n) is 6.73. The van der Waals surface area contributed by atoms with E-state index in [1.165, 1.54) is 21.8 Å². The largest absolute Gasteiger partial charge is 0.306 e. The second kappa shape index (κ2) is 7.58. The molecule has 2 N–H and O–H groups in total. The van der Waals surface area contributed by atoms with E-state index in [2.05, 4.69) is 20.3 Å². The van der Waals surface area contributed by atoms with Crippen LogP contribution in [0.2, 0.25) is 0 Å². The Kier molecular flexibility index (Phi) is 4.60. The van der Waals surface area contributed by atoms with Gasteiger partial charge >= 0.3 is 0 Å². The maximum Gasteiger partial charge on any atom is 0.267 e. The molecule has 31 heavy (non-hydrogen) atoms. The standard InChI is InChI=1S/C21H15N7O2S/c22-17-14(19(29)26-21-24-7-9-31-21)10-15-18(28(17)12-13-4-3-6-23-11-13)25-16-5-1-2-8-27(16)20(15)30/h1-11,22H,12H2,(H,24,26,29). The van der Waals surface area contributed by atoms with Crippen LogP contribution in [0.3, 0.4) is 0 Å². The van der Waals surface area contributed by atoms with Crippen molar-refractivity contribution in [2.24, 2.45) is 0 Å². The van der Waals surface area contributed by atoms with Crippen LogP contribution in [-0.2, 0) is 6.54 Å². The van der Waals surface area contributed by atoms with Gasteiger partial charge < -0.3 is 4.57 Å². The van der Waals surface area contributed by atoms with Crippen molar-refractivity contribution in [3.05, 3.63) is 93.5 Å². The molecule has 0 unspecified atom stereocenters. The zero-order valence-electron chi connectivity index (χ0n) is 16.0. The molecule has 5 aromatic heterocycles. The van der Waals surface area contributed by atoms with Gasteiger partial charge in [-0.2, -0.15) is 0 Å². The summed E-state index contributed by atoms with van der Waals surface area (Å²) >= 11 is 1.27. The smallest absolute Gasteiger partial charge is 0.267 e. The van der Waals surface area contributed by atoms with Gasteiger partial charge in [0.15, 0.2) is 5.13 Å². The molecule has 0 atom stereocenters. The minimum Gasteiger partial charge on any atom is -0.306 e. The van der Waals surface area contributed by atoms with Crippen molar-refractivity contribution in [1.82, 2.24) is 23.9 Å². The lowest BCUT2D eigenvalue weighted by molar-refractivity contribution is 0.102. The minimum absolute atomic E-state index is 0.0568. The van der Waals surface area contributed by atoms with Gasteiger partial charge in [-0.25, -0.2) is 9.97 Å². The van der Waals surface area contributed by atoms with Crippen molar-refractivity contribution >= 4 is 39.1 Å². The highest BCUT2D eigenvalue weighted by atomic mass is 32.1. The first-order chi connectivity index (χ1) is 15.1. The molecule has 0 aliphatic heterocycles. The molecule has 0 spiro atoms. The summed E-state index contributed by atoms with van der Waals surface area (Å²) in [5, 5.41) is 13.8. The zero-order valence-corrected chi connectivity index (χ0v) is 16.8. The Bertz CT molecular complexity index is 1540. The third kappa shape index (κ3) is 3.38. The summed E-state index contributed by atoms with van der Waals surface area (Å²) in [6.45, 7) is 0.233. The van der Waals surface area contributed by atoms with Crippen molar-refractivity contribution in [1.29, 1.82) is 5.41 Å². The number of carbonyl (C=O) groups excluding carboxylic acids is 1. The maximum absolute atomic E-state index is 13.2. The fraction of sp³-hybridized carbons (Fsp3) is 0.0476. The molecule has 10 heteroatoms. The minimum atomic E-state index is -0.514. The Morgan fingerprint density at radius 1 is 1.19 bits per heavy atom. The summed E-state index contributed by atoms with van der Waals surface area (Å²) in [4.78, 5) is 38.9. The van der Waals surface area contributed by atoms with E-state index in [1.54, 1.807) is 59.0 Å². The summed E-state index contributed by atoms with van der Waals surface area (Å²) in [7, 11) is 0. The number of hydrogen-bond donors (Lipinski definition) is 2.